The average molecular weight is 268 g/mol. The molecule has 2 N–H and O–H groups in total. The molecule has 0 aromatic heterocycles. The zero-order valence-electron chi connectivity index (χ0n) is 13.9. The predicted molar refractivity (Wildman–Crippen MR) is 85.3 cm³/mol. The third-order valence-corrected chi connectivity index (χ3v) is 4.99. The van der Waals surface area contributed by atoms with Crippen LogP contribution < -0.4 is 5.73 Å². The van der Waals surface area contributed by atoms with E-state index < -0.39 is 0 Å². The second-order valence-electron chi connectivity index (χ2n) is 7.46. The van der Waals surface area contributed by atoms with Crippen molar-refractivity contribution in [2.24, 2.45) is 17.1 Å². The highest BCUT2D eigenvalue weighted by Crippen LogP contribution is 2.34. The fourth-order valence-corrected chi connectivity index (χ4v) is 3.67. The summed E-state index contributed by atoms with van der Waals surface area (Å²) in [5.41, 5.74) is 6.86. The van der Waals surface area contributed by atoms with Gasteiger partial charge in [0.05, 0.1) is 0 Å². The molecule has 0 bridgehead atoms. The average Bonchev–Trinajstić information content (AvgIpc) is 2.56. The van der Waals surface area contributed by atoms with Crippen molar-refractivity contribution in [3.05, 3.63) is 0 Å². The van der Waals surface area contributed by atoms with E-state index in [1.165, 1.54) is 45.2 Å². The van der Waals surface area contributed by atoms with E-state index in [1.54, 1.807) is 0 Å². The molecule has 0 aromatic carbocycles. The highest BCUT2D eigenvalue weighted by molar-refractivity contribution is 4.85. The number of hydrogen-bond acceptors (Lipinski definition) is 2. The molecule has 0 saturated carbocycles. The molecule has 114 valence electrons. The molecule has 3 unspecified atom stereocenters. The third-order valence-electron chi connectivity index (χ3n) is 4.99. The fraction of sp³-hybridized carbons (Fsp3) is 1.00. The Bertz CT molecular complexity index is 244. The number of rotatable bonds is 5. The van der Waals surface area contributed by atoms with E-state index in [2.05, 4.69) is 39.5 Å². The zero-order valence-corrected chi connectivity index (χ0v) is 13.9. The Morgan fingerprint density at radius 1 is 1.16 bits per heavy atom. The van der Waals surface area contributed by atoms with Crippen LogP contribution in [-0.4, -0.2) is 30.1 Å². The maximum Gasteiger partial charge on any atom is 0.0244 e. The van der Waals surface area contributed by atoms with Crippen molar-refractivity contribution >= 4 is 0 Å². The molecule has 1 heterocycles. The van der Waals surface area contributed by atoms with Crippen LogP contribution in [0.1, 0.15) is 73.1 Å². The van der Waals surface area contributed by atoms with E-state index in [9.17, 15) is 0 Å². The number of nitrogens with two attached hydrogens (primary N) is 1. The first kappa shape index (κ1) is 17.0. The lowest BCUT2D eigenvalue weighted by Crippen LogP contribution is -2.48. The summed E-state index contributed by atoms with van der Waals surface area (Å²) >= 11 is 0. The maximum absolute atomic E-state index is 6.40. The Morgan fingerprint density at radius 3 is 2.37 bits per heavy atom. The van der Waals surface area contributed by atoms with Gasteiger partial charge < -0.3 is 5.73 Å². The summed E-state index contributed by atoms with van der Waals surface area (Å²) in [4.78, 5) is 2.69. The van der Waals surface area contributed by atoms with Crippen molar-refractivity contribution in [2.45, 2.75) is 85.2 Å². The van der Waals surface area contributed by atoms with Gasteiger partial charge in [0.25, 0.3) is 0 Å². The fourth-order valence-electron chi connectivity index (χ4n) is 3.67. The van der Waals surface area contributed by atoms with Crippen LogP contribution >= 0.6 is 0 Å². The summed E-state index contributed by atoms with van der Waals surface area (Å²) in [6.07, 6.45) is 7.64. The van der Waals surface area contributed by atoms with Crippen LogP contribution in [0.15, 0.2) is 0 Å². The van der Waals surface area contributed by atoms with Gasteiger partial charge in [-0.3, -0.25) is 4.90 Å². The van der Waals surface area contributed by atoms with Crippen molar-refractivity contribution < 1.29 is 0 Å². The van der Waals surface area contributed by atoms with Crippen LogP contribution in [0, 0.1) is 11.3 Å². The quantitative estimate of drug-likeness (QED) is 0.815. The normalized spacial score (nSPS) is 25.9. The van der Waals surface area contributed by atoms with E-state index in [0.29, 0.717) is 17.5 Å². The Labute approximate surface area is 121 Å². The number of nitrogens with zero attached hydrogens (tertiary/aromatic N) is 1. The molecule has 0 amide bonds. The van der Waals surface area contributed by atoms with E-state index >= 15 is 0 Å². The van der Waals surface area contributed by atoms with Gasteiger partial charge in [-0.15, -0.1) is 0 Å². The van der Waals surface area contributed by atoms with Crippen LogP contribution in [-0.2, 0) is 0 Å². The van der Waals surface area contributed by atoms with Gasteiger partial charge in [0, 0.05) is 12.1 Å². The number of hydrogen-bond donors (Lipinski definition) is 1. The highest BCUT2D eigenvalue weighted by Gasteiger charge is 2.30. The van der Waals surface area contributed by atoms with Gasteiger partial charge in [0.1, 0.15) is 0 Å². The first-order valence-corrected chi connectivity index (χ1v) is 8.39. The van der Waals surface area contributed by atoms with E-state index in [4.69, 9.17) is 5.73 Å². The van der Waals surface area contributed by atoms with E-state index in [-0.39, 0.29) is 0 Å². The van der Waals surface area contributed by atoms with Gasteiger partial charge in [-0.05, 0) is 56.5 Å². The van der Waals surface area contributed by atoms with Crippen LogP contribution in [0.5, 0.6) is 0 Å². The predicted octanol–water partition coefficient (Wildman–Crippen LogP) is 4.04. The summed E-state index contributed by atoms with van der Waals surface area (Å²) in [6, 6.07) is 0.958. The summed E-state index contributed by atoms with van der Waals surface area (Å²) in [5.74, 6) is 0.873. The molecule has 1 rings (SSSR count). The first-order chi connectivity index (χ1) is 8.90. The summed E-state index contributed by atoms with van der Waals surface area (Å²) < 4.78 is 0. The lowest BCUT2D eigenvalue weighted by molar-refractivity contribution is 0.156. The van der Waals surface area contributed by atoms with Gasteiger partial charge in [-0.1, -0.05) is 41.0 Å². The summed E-state index contributed by atoms with van der Waals surface area (Å²) in [7, 11) is 0. The molecule has 0 aromatic rings. The molecule has 1 fully saturated rings. The monoisotopic (exact) mass is 268 g/mol. The first-order valence-electron chi connectivity index (χ1n) is 8.39. The Hall–Kier alpha value is -0.0800. The van der Waals surface area contributed by atoms with Crippen LogP contribution in [0.2, 0.25) is 0 Å². The lowest BCUT2D eigenvalue weighted by Gasteiger charge is -2.35. The standard InChI is InChI=1S/C17H36N2/c1-6-9-15(18)16(7-2)19-12-8-10-14(11-13-19)17(3,4)5/h14-16H,6-13,18H2,1-5H3. The molecule has 2 nitrogen and oxygen atoms in total. The van der Waals surface area contributed by atoms with Crippen molar-refractivity contribution in [2.75, 3.05) is 13.1 Å². The molecule has 0 aliphatic carbocycles. The van der Waals surface area contributed by atoms with E-state index in [0.717, 1.165) is 12.3 Å². The molecule has 3 atom stereocenters. The third kappa shape index (κ3) is 5.07. The van der Waals surface area contributed by atoms with Gasteiger partial charge in [-0.2, -0.15) is 0 Å². The molecule has 2 heteroatoms. The summed E-state index contributed by atoms with van der Waals surface area (Å²) in [6.45, 7) is 14.2. The van der Waals surface area contributed by atoms with Gasteiger partial charge >= 0.3 is 0 Å². The Kier molecular flexibility index (Phi) is 6.82. The van der Waals surface area contributed by atoms with Crippen molar-refractivity contribution in [3.63, 3.8) is 0 Å². The highest BCUT2D eigenvalue weighted by atomic mass is 15.2. The second kappa shape index (κ2) is 7.64. The molecule has 1 aliphatic rings. The van der Waals surface area contributed by atoms with E-state index in [1.807, 2.05) is 0 Å². The minimum Gasteiger partial charge on any atom is -0.326 e. The maximum atomic E-state index is 6.40. The van der Waals surface area contributed by atoms with Crippen LogP contribution in [0.4, 0.5) is 0 Å². The SMILES string of the molecule is CCCC(N)C(CC)N1CCCC(C(C)(C)C)CC1. The smallest absolute Gasteiger partial charge is 0.0244 e. The van der Waals surface area contributed by atoms with Crippen LogP contribution in [0.25, 0.3) is 0 Å². The minimum absolute atomic E-state index is 0.362. The Morgan fingerprint density at radius 2 is 1.84 bits per heavy atom. The molecule has 1 aliphatic heterocycles. The van der Waals surface area contributed by atoms with Gasteiger partial charge in [0.2, 0.25) is 0 Å². The molecule has 19 heavy (non-hydrogen) atoms. The zero-order chi connectivity index (χ0) is 14.5. The van der Waals surface area contributed by atoms with Crippen LogP contribution in [0.3, 0.4) is 0 Å². The van der Waals surface area contributed by atoms with Gasteiger partial charge in [0.15, 0.2) is 0 Å². The topological polar surface area (TPSA) is 29.3 Å². The van der Waals surface area contributed by atoms with Crippen molar-refractivity contribution in [3.8, 4) is 0 Å². The molecular weight excluding hydrogens is 232 g/mol. The summed E-state index contributed by atoms with van der Waals surface area (Å²) in [5, 5.41) is 0. The molecule has 0 spiro atoms. The molecule has 1 saturated heterocycles. The second-order valence-corrected chi connectivity index (χ2v) is 7.46. The van der Waals surface area contributed by atoms with Crippen molar-refractivity contribution in [1.82, 2.24) is 4.90 Å². The van der Waals surface area contributed by atoms with Crippen molar-refractivity contribution in [1.29, 1.82) is 0 Å². The Balaban J connectivity index is 2.59. The molecular formula is C17H36N2. The van der Waals surface area contributed by atoms with Gasteiger partial charge in [-0.25, -0.2) is 0 Å². The largest absolute Gasteiger partial charge is 0.326 e. The lowest BCUT2D eigenvalue weighted by atomic mass is 9.77. The minimum atomic E-state index is 0.362. The number of likely N-dealkylation sites (tertiary alicyclic amines) is 1. The molecule has 0 radical (unpaired) electrons.